The van der Waals surface area contributed by atoms with Gasteiger partial charge in [-0.15, -0.1) is 0 Å². The largest absolute Gasteiger partial charge is 0.481 e. The molecule has 0 radical (unpaired) electrons. The minimum absolute atomic E-state index is 0.204. The van der Waals surface area contributed by atoms with Crippen molar-refractivity contribution in [2.45, 2.75) is 102 Å². The first kappa shape index (κ1) is 30.6. The summed E-state index contributed by atoms with van der Waals surface area (Å²) in [6.45, 7) is 5.44. The molecule has 2 N–H and O–H groups in total. The van der Waals surface area contributed by atoms with Crippen molar-refractivity contribution in [2.24, 2.45) is 5.41 Å². The zero-order valence-corrected chi connectivity index (χ0v) is 24.0. The highest BCUT2D eigenvalue weighted by Crippen LogP contribution is 2.43. The first-order chi connectivity index (χ1) is 18.6. The summed E-state index contributed by atoms with van der Waals surface area (Å²) in [5.41, 5.74) is -2.52. The van der Waals surface area contributed by atoms with Gasteiger partial charge in [0.05, 0.1) is 51.0 Å². The monoisotopic (exact) mass is 604 g/mol. The highest BCUT2D eigenvalue weighted by Gasteiger charge is 2.45. The number of aliphatic carboxylic acids is 1. The number of amides is 1. The molecule has 0 spiro atoms. The molecule has 1 aliphatic heterocycles. The van der Waals surface area contributed by atoms with Crippen molar-refractivity contribution in [1.82, 2.24) is 20.1 Å². The Labute approximate surface area is 240 Å². The smallest absolute Gasteiger partial charge is 0.433 e. The molecule has 1 aliphatic carbocycles. The molecule has 1 saturated heterocycles. The summed E-state index contributed by atoms with van der Waals surface area (Å²) < 4.78 is 50.0. The summed E-state index contributed by atoms with van der Waals surface area (Å²) in [7, 11) is 0. The van der Waals surface area contributed by atoms with Gasteiger partial charge < -0.3 is 15.2 Å². The van der Waals surface area contributed by atoms with E-state index in [1.165, 1.54) is 12.4 Å². The second-order valence-electron chi connectivity index (χ2n) is 11.6. The summed E-state index contributed by atoms with van der Waals surface area (Å²) in [5, 5.41) is 17.0. The number of hydrogen-bond donors (Lipinski definition) is 2. The fraction of sp³-hybridized carbons (Fsp3) is 0.630. The maximum Gasteiger partial charge on any atom is 0.433 e. The van der Waals surface area contributed by atoms with Crippen molar-refractivity contribution < 1.29 is 32.6 Å². The van der Waals surface area contributed by atoms with Crippen LogP contribution in [-0.4, -0.2) is 49.5 Å². The van der Waals surface area contributed by atoms with Crippen molar-refractivity contribution in [3.05, 3.63) is 45.5 Å². The fourth-order valence-electron chi connectivity index (χ4n) is 5.66. The summed E-state index contributed by atoms with van der Waals surface area (Å²) >= 11 is 12.5. The summed E-state index contributed by atoms with van der Waals surface area (Å²) in [6.07, 6.45) is 1.43. The van der Waals surface area contributed by atoms with Crippen LogP contribution in [0.2, 0.25) is 10.0 Å². The van der Waals surface area contributed by atoms with Gasteiger partial charge >= 0.3 is 12.1 Å². The summed E-state index contributed by atoms with van der Waals surface area (Å²) in [5.74, 6) is -1.88. The molecule has 1 saturated carbocycles. The van der Waals surface area contributed by atoms with Gasteiger partial charge in [-0.1, -0.05) is 23.2 Å². The number of carboxylic acids is 1. The van der Waals surface area contributed by atoms with Crippen LogP contribution in [0.15, 0.2) is 18.6 Å². The third kappa shape index (κ3) is 6.57. The van der Waals surface area contributed by atoms with Crippen LogP contribution in [0.5, 0.6) is 0 Å². The lowest BCUT2D eigenvalue weighted by atomic mass is 9.74. The minimum Gasteiger partial charge on any atom is -0.481 e. The molecule has 1 unspecified atom stereocenters. The Morgan fingerprint density at radius 2 is 1.75 bits per heavy atom. The predicted molar refractivity (Wildman–Crippen MR) is 142 cm³/mol. The van der Waals surface area contributed by atoms with Gasteiger partial charge in [0.25, 0.3) is 5.91 Å². The topological polar surface area (TPSA) is 106 Å². The van der Waals surface area contributed by atoms with Crippen molar-refractivity contribution in [3.8, 4) is 0 Å². The maximum atomic E-state index is 14.3. The van der Waals surface area contributed by atoms with Gasteiger partial charge in [0.1, 0.15) is 0 Å². The molecule has 0 bridgehead atoms. The average Bonchev–Trinajstić information content (AvgIpc) is 3.47. The van der Waals surface area contributed by atoms with Gasteiger partial charge in [-0.25, -0.2) is 0 Å². The van der Waals surface area contributed by atoms with Crippen LogP contribution in [0, 0.1) is 5.41 Å². The molecular weight excluding hydrogens is 572 g/mol. The molecule has 2 aromatic rings. The van der Waals surface area contributed by atoms with Crippen molar-refractivity contribution in [2.75, 3.05) is 0 Å². The Bertz CT molecular complexity index is 1240. The van der Waals surface area contributed by atoms with Gasteiger partial charge in [-0.3, -0.25) is 19.3 Å². The first-order valence-corrected chi connectivity index (χ1v) is 14.0. The van der Waals surface area contributed by atoms with Crippen LogP contribution in [0.3, 0.4) is 0 Å². The van der Waals surface area contributed by atoms with Crippen molar-refractivity contribution in [1.29, 1.82) is 0 Å². The molecule has 2 fully saturated rings. The normalized spacial score (nSPS) is 25.5. The average molecular weight is 605 g/mol. The molecule has 2 aliphatic rings. The number of hydrogen-bond acceptors (Lipinski definition) is 5. The fourth-order valence-corrected chi connectivity index (χ4v) is 6.21. The van der Waals surface area contributed by atoms with E-state index in [0.717, 1.165) is 17.3 Å². The van der Waals surface area contributed by atoms with Gasteiger partial charge in [-0.05, 0) is 77.7 Å². The third-order valence-corrected chi connectivity index (χ3v) is 8.81. The van der Waals surface area contributed by atoms with Crippen molar-refractivity contribution in [3.63, 3.8) is 0 Å². The molecular formula is C27H33Cl2F3N4O4. The van der Waals surface area contributed by atoms with E-state index in [4.69, 9.17) is 27.9 Å². The number of alkyl halides is 3. The summed E-state index contributed by atoms with van der Waals surface area (Å²) in [4.78, 5) is 28.9. The van der Waals surface area contributed by atoms with E-state index < -0.39 is 58.5 Å². The molecule has 40 heavy (non-hydrogen) atoms. The number of rotatable bonds is 8. The van der Waals surface area contributed by atoms with E-state index in [-0.39, 0.29) is 25.7 Å². The lowest BCUT2D eigenvalue weighted by Gasteiger charge is -2.34. The number of aromatic nitrogens is 3. The molecule has 13 heteroatoms. The van der Waals surface area contributed by atoms with Gasteiger partial charge in [0.15, 0.2) is 5.69 Å². The van der Waals surface area contributed by atoms with Crippen LogP contribution in [0.1, 0.15) is 93.4 Å². The molecule has 0 aromatic carbocycles. The van der Waals surface area contributed by atoms with Crippen molar-refractivity contribution >= 4 is 35.1 Å². The number of nitrogens with one attached hydrogen (secondary N) is 1. The number of halogens is 5. The van der Waals surface area contributed by atoms with Gasteiger partial charge in [0.2, 0.25) is 0 Å². The van der Waals surface area contributed by atoms with Crippen LogP contribution in [0.25, 0.3) is 0 Å². The lowest BCUT2D eigenvalue weighted by molar-refractivity contribution is -0.152. The van der Waals surface area contributed by atoms with Crippen LogP contribution in [0.4, 0.5) is 13.2 Å². The van der Waals surface area contributed by atoms with Gasteiger partial charge in [-0.2, -0.15) is 18.3 Å². The Morgan fingerprint density at radius 3 is 2.27 bits per heavy atom. The van der Waals surface area contributed by atoms with Crippen LogP contribution in [-0.2, 0) is 22.1 Å². The Kier molecular flexibility index (Phi) is 8.78. The Balaban J connectivity index is 1.58. The molecule has 8 nitrogen and oxygen atoms in total. The number of pyridine rings is 1. The van der Waals surface area contributed by atoms with E-state index in [9.17, 15) is 27.9 Å². The van der Waals surface area contributed by atoms with Crippen LogP contribution < -0.4 is 5.32 Å². The lowest BCUT2D eigenvalue weighted by Crippen LogP contribution is -2.45. The standard InChI is InChI=1S/C27H33Cl2F3N4O4/c1-25(2)9-8-21(40-25)20(5-4-16-18(28)13-33-14-19(16)29)35-23(37)17-12-34-36(22(17)27(30,31)32)15-6-10-26(3,11-7-15)24(38)39/h12-15,20-21H,4-11H2,1-3H3,(H,35,37)(H,38,39)/t15?,20?,21-,26?/m0/s1. The molecule has 2 atom stereocenters. The zero-order valence-electron chi connectivity index (χ0n) is 22.5. The molecule has 4 rings (SSSR count). The molecule has 2 aromatic heterocycles. The molecule has 3 heterocycles. The second-order valence-corrected chi connectivity index (χ2v) is 12.4. The number of carbonyl (C=O) groups is 2. The number of carboxylic acid groups (broad SMARTS) is 1. The van der Waals surface area contributed by atoms with E-state index in [0.29, 0.717) is 34.9 Å². The maximum absolute atomic E-state index is 14.3. The molecule has 220 valence electrons. The van der Waals surface area contributed by atoms with E-state index in [2.05, 4.69) is 15.4 Å². The first-order valence-electron chi connectivity index (χ1n) is 13.3. The van der Waals surface area contributed by atoms with E-state index in [1.54, 1.807) is 6.92 Å². The Hall–Kier alpha value is -2.37. The van der Waals surface area contributed by atoms with E-state index >= 15 is 0 Å². The summed E-state index contributed by atoms with van der Waals surface area (Å²) in [6, 6.07) is -1.29. The second kappa shape index (κ2) is 11.5. The highest BCUT2D eigenvalue weighted by atomic mass is 35.5. The van der Waals surface area contributed by atoms with Gasteiger partial charge in [0, 0.05) is 12.4 Å². The Morgan fingerprint density at radius 1 is 1.12 bits per heavy atom. The zero-order chi connectivity index (χ0) is 29.5. The number of ether oxygens (including phenoxy) is 1. The number of carbonyl (C=O) groups excluding carboxylic acids is 1. The van der Waals surface area contributed by atoms with E-state index in [1.807, 2.05) is 13.8 Å². The quantitative estimate of drug-likeness (QED) is 0.356. The minimum atomic E-state index is -4.85. The number of nitrogens with zero attached hydrogens (tertiary/aromatic N) is 3. The van der Waals surface area contributed by atoms with Crippen LogP contribution >= 0.6 is 23.2 Å². The SMILES string of the molecule is CC1(C)CC[C@@H](C(CCc2c(Cl)cncc2Cl)NC(=O)c2cnn(C3CCC(C)(C(=O)O)CC3)c2C(F)(F)F)O1. The molecule has 1 amide bonds. The predicted octanol–water partition coefficient (Wildman–Crippen LogP) is 6.50. The highest BCUT2D eigenvalue weighted by molar-refractivity contribution is 6.35. The third-order valence-electron chi connectivity index (χ3n) is 8.15.